The maximum atomic E-state index is 11.3. The number of carbonyl (C=O) groups is 1. The number of rotatable bonds is 3. The second-order valence-corrected chi connectivity index (χ2v) is 6.07. The molecule has 1 saturated heterocycles. The molecule has 1 aliphatic heterocycles. The quantitative estimate of drug-likeness (QED) is 0.677. The molecule has 0 amide bonds. The first-order valence-corrected chi connectivity index (χ1v) is 6.92. The highest BCUT2D eigenvalue weighted by Gasteiger charge is 2.36. The molecule has 1 fully saturated rings. The van der Waals surface area contributed by atoms with Crippen molar-refractivity contribution in [1.29, 1.82) is 0 Å². The van der Waals surface area contributed by atoms with Gasteiger partial charge in [-0.1, -0.05) is 0 Å². The van der Waals surface area contributed by atoms with Gasteiger partial charge >= 0.3 is 0 Å². The lowest BCUT2D eigenvalue weighted by Crippen LogP contribution is -2.27. The van der Waals surface area contributed by atoms with Crippen LogP contribution in [-0.2, 0) is 14.6 Å². The van der Waals surface area contributed by atoms with E-state index in [0.717, 1.165) is 0 Å². The summed E-state index contributed by atoms with van der Waals surface area (Å²) >= 11 is 1.38. The topological polar surface area (TPSA) is 51.2 Å². The summed E-state index contributed by atoms with van der Waals surface area (Å²) in [6.07, 6.45) is 2.98. The third-order valence-electron chi connectivity index (χ3n) is 1.97. The first kappa shape index (κ1) is 10.1. The lowest BCUT2D eigenvalue weighted by molar-refractivity contribution is -0.116. The third-order valence-corrected chi connectivity index (χ3v) is 4.77. The summed E-state index contributed by atoms with van der Waals surface area (Å²) in [6.45, 7) is 0. The van der Waals surface area contributed by atoms with Crippen LogP contribution in [0, 0.1) is 0 Å². The molecule has 0 N–H and O–H groups in total. The molecule has 1 heterocycles. The second-order valence-electron chi connectivity index (χ2n) is 2.90. The highest BCUT2D eigenvalue weighted by molar-refractivity contribution is 7.99. The summed E-state index contributed by atoms with van der Waals surface area (Å²) in [7, 11) is -3.07. The predicted molar refractivity (Wildman–Crippen MR) is 50.2 cm³/mol. The molecular formula is C7H12O3S2. The van der Waals surface area contributed by atoms with Gasteiger partial charge in [-0.2, -0.15) is 11.8 Å². The Balaban J connectivity index is 2.69. The molecule has 3 nitrogen and oxygen atoms in total. The van der Waals surface area contributed by atoms with Crippen molar-refractivity contribution in [2.24, 2.45) is 0 Å². The molecule has 1 rings (SSSR count). The Kier molecular flexibility index (Phi) is 3.17. The maximum Gasteiger partial charge on any atom is 0.160 e. The maximum absolute atomic E-state index is 11.3. The number of carbonyl (C=O) groups excluding carboxylic acids is 1. The number of sulfone groups is 1. The smallest absolute Gasteiger partial charge is 0.160 e. The zero-order valence-corrected chi connectivity index (χ0v) is 8.58. The number of thioether (sulfide) groups is 1. The van der Waals surface area contributed by atoms with Crippen LogP contribution in [0.1, 0.15) is 12.8 Å². The van der Waals surface area contributed by atoms with E-state index in [0.29, 0.717) is 18.6 Å². The molecule has 0 radical (unpaired) electrons. The van der Waals surface area contributed by atoms with Crippen molar-refractivity contribution in [2.45, 2.75) is 18.1 Å². The highest BCUT2D eigenvalue weighted by atomic mass is 32.2. The lowest BCUT2D eigenvalue weighted by Gasteiger charge is -2.05. The van der Waals surface area contributed by atoms with E-state index in [1.54, 1.807) is 6.26 Å². The summed E-state index contributed by atoms with van der Waals surface area (Å²) in [5.41, 5.74) is 0. The average molecular weight is 208 g/mol. The summed E-state index contributed by atoms with van der Waals surface area (Å²) in [5.74, 6) is 0.391. The zero-order chi connectivity index (χ0) is 9.19. The Morgan fingerprint density at radius 1 is 1.58 bits per heavy atom. The molecule has 1 atom stereocenters. The van der Waals surface area contributed by atoms with Gasteiger partial charge in [-0.25, -0.2) is 8.42 Å². The molecule has 0 aliphatic carbocycles. The molecule has 0 aromatic carbocycles. The van der Waals surface area contributed by atoms with Crippen molar-refractivity contribution in [3.05, 3.63) is 0 Å². The Morgan fingerprint density at radius 2 is 2.25 bits per heavy atom. The fraction of sp³-hybridized carbons (Fsp3) is 0.857. The number of hydrogen-bond donors (Lipinski definition) is 0. The molecule has 0 aromatic rings. The van der Waals surface area contributed by atoms with Crippen LogP contribution in [0.15, 0.2) is 0 Å². The largest absolute Gasteiger partial charge is 0.297 e. The summed E-state index contributed by atoms with van der Waals surface area (Å²) in [4.78, 5) is 11.3. The molecule has 1 unspecified atom stereocenters. The highest BCUT2D eigenvalue weighted by Crippen LogP contribution is 2.21. The van der Waals surface area contributed by atoms with Crippen molar-refractivity contribution >= 4 is 27.4 Å². The van der Waals surface area contributed by atoms with Gasteiger partial charge < -0.3 is 0 Å². The Labute approximate surface area is 76.8 Å². The van der Waals surface area contributed by atoms with Gasteiger partial charge in [0, 0.05) is 0 Å². The van der Waals surface area contributed by atoms with E-state index in [4.69, 9.17) is 0 Å². The van der Waals surface area contributed by atoms with Crippen LogP contribution < -0.4 is 0 Å². The van der Waals surface area contributed by atoms with Crippen LogP contribution in [0.5, 0.6) is 0 Å². The van der Waals surface area contributed by atoms with E-state index in [9.17, 15) is 13.2 Å². The van der Waals surface area contributed by atoms with Gasteiger partial charge in [0.25, 0.3) is 0 Å². The van der Waals surface area contributed by atoms with E-state index >= 15 is 0 Å². The van der Waals surface area contributed by atoms with Crippen LogP contribution >= 0.6 is 11.8 Å². The summed E-state index contributed by atoms with van der Waals surface area (Å²) in [5, 5.41) is -0.690. The minimum atomic E-state index is -3.07. The van der Waals surface area contributed by atoms with E-state index in [-0.39, 0.29) is 11.5 Å². The minimum Gasteiger partial charge on any atom is -0.297 e. The van der Waals surface area contributed by atoms with Gasteiger partial charge in [-0.15, -0.1) is 0 Å². The first-order valence-electron chi connectivity index (χ1n) is 3.81. The average Bonchev–Trinajstić information content (AvgIpc) is 2.30. The lowest BCUT2D eigenvalue weighted by atomic mass is 10.2. The fourth-order valence-electron chi connectivity index (χ4n) is 1.39. The van der Waals surface area contributed by atoms with Gasteiger partial charge in [-0.3, -0.25) is 4.79 Å². The Morgan fingerprint density at radius 3 is 2.67 bits per heavy atom. The van der Waals surface area contributed by atoms with Crippen molar-refractivity contribution < 1.29 is 13.2 Å². The van der Waals surface area contributed by atoms with E-state index < -0.39 is 15.1 Å². The monoisotopic (exact) mass is 208 g/mol. The van der Waals surface area contributed by atoms with Gasteiger partial charge in [0.05, 0.1) is 11.5 Å². The minimum absolute atomic E-state index is 0.125. The summed E-state index contributed by atoms with van der Waals surface area (Å²) < 4.78 is 22.5. The van der Waals surface area contributed by atoms with Crippen molar-refractivity contribution in [3.63, 3.8) is 0 Å². The van der Waals surface area contributed by atoms with Crippen LogP contribution in [0.25, 0.3) is 0 Å². The van der Waals surface area contributed by atoms with Crippen molar-refractivity contribution in [2.75, 3.05) is 17.8 Å². The van der Waals surface area contributed by atoms with Crippen molar-refractivity contribution in [3.8, 4) is 0 Å². The molecule has 70 valence electrons. The normalized spacial score (nSPS) is 27.2. The molecule has 5 heteroatoms. The molecule has 0 aromatic heterocycles. The number of hydrogen-bond acceptors (Lipinski definition) is 4. The Hall–Kier alpha value is -0.0300. The van der Waals surface area contributed by atoms with Gasteiger partial charge in [-0.05, 0) is 19.1 Å². The van der Waals surface area contributed by atoms with Gasteiger partial charge in [0.2, 0.25) is 0 Å². The van der Waals surface area contributed by atoms with E-state index in [1.807, 2.05) is 0 Å². The van der Waals surface area contributed by atoms with Gasteiger partial charge in [0.15, 0.2) is 15.6 Å². The van der Waals surface area contributed by atoms with Crippen LogP contribution in [0.2, 0.25) is 0 Å². The fourth-order valence-corrected chi connectivity index (χ4v) is 3.84. The molecule has 0 spiro atoms. The Bertz CT molecular complexity index is 268. The number of ketones is 1. The standard InChI is InChI=1S/C7H12O3S2/c1-11-5-6(8)7-3-2-4-12(7,9)10/h7H,2-5H2,1H3. The van der Waals surface area contributed by atoms with E-state index in [2.05, 4.69) is 0 Å². The van der Waals surface area contributed by atoms with Crippen molar-refractivity contribution in [1.82, 2.24) is 0 Å². The molecule has 1 aliphatic rings. The predicted octanol–water partition coefficient (Wildman–Crippen LogP) is 0.496. The molecule has 0 bridgehead atoms. The SMILES string of the molecule is CSCC(=O)C1CCCS1(=O)=O. The molecule has 0 saturated carbocycles. The summed E-state index contributed by atoms with van der Waals surface area (Å²) in [6, 6.07) is 0. The molecule has 12 heavy (non-hydrogen) atoms. The third kappa shape index (κ3) is 2.01. The van der Waals surface area contributed by atoms with Crippen LogP contribution in [0.3, 0.4) is 0 Å². The van der Waals surface area contributed by atoms with Gasteiger partial charge in [0.1, 0.15) is 5.25 Å². The zero-order valence-electron chi connectivity index (χ0n) is 6.95. The van der Waals surface area contributed by atoms with Crippen LogP contribution in [0.4, 0.5) is 0 Å². The number of Topliss-reactive ketones (excluding diaryl/α,β-unsaturated/α-hetero) is 1. The van der Waals surface area contributed by atoms with Crippen LogP contribution in [-0.4, -0.2) is 37.2 Å². The van der Waals surface area contributed by atoms with E-state index in [1.165, 1.54) is 11.8 Å². The first-order chi connectivity index (χ1) is 5.58. The second kappa shape index (κ2) is 3.79. The molecular weight excluding hydrogens is 196 g/mol.